The lowest BCUT2D eigenvalue weighted by Crippen LogP contribution is -2.44. The summed E-state index contributed by atoms with van der Waals surface area (Å²) in [6.45, 7) is 5.02. The van der Waals surface area contributed by atoms with Gasteiger partial charge in [-0.2, -0.15) is 0 Å². The molecule has 0 spiro atoms. The van der Waals surface area contributed by atoms with Crippen LogP contribution in [0.4, 0.5) is 5.95 Å². The Labute approximate surface area is 190 Å². The number of aryl methyl sites for hydroxylation is 1. The maximum absolute atomic E-state index is 13.4. The van der Waals surface area contributed by atoms with Gasteiger partial charge in [-0.3, -0.25) is 9.59 Å². The molecule has 1 saturated heterocycles. The Morgan fingerprint density at radius 3 is 2.34 bits per heavy atom. The molecule has 172 valence electrons. The first-order valence-corrected chi connectivity index (χ1v) is 11.0. The fraction of sp³-hybridized carbons (Fsp3) is 0.500. The van der Waals surface area contributed by atoms with Crippen molar-refractivity contribution in [3.63, 3.8) is 0 Å². The van der Waals surface area contributed by atoms with E-state index in [9.17, 15) is 9.59 Å². The van der Waals surface area contributed by atoms with E-state index in [4.69, 9.17) is 4.74 Å². The van der Waals surface area contributed by atoms with Crippen molar-refractivity contribution in [2.45, 2.75) is 38.8 Å². The van der Waals surface area contributed by atoms with Gasteiger partial charge in [-0.25, -0.2) is 9.97 Å². The molecule has 2 heterocycles. The topological polar surface area (TPSA) is 78.9 Å². The fourth-order valence-corrected chi connectivity index (χ4v) is 4.00. The number of benzene rings is 1. The Morgan fingerprint density at radius 2 is 1.78 bits per heavy atom. The molecule has 2 amide bonds. The first-order chi connectivity index (χ1) is 15.2. The van der Waals surface area contributed by atoms with Gasteiger partial charge in [0.15, 0.2) is 0 Å². The van der Waals surface area contributed by atoms with E-state index in [1.807, 2.05) is 62.0 Å². The van der Waals surface area contributed by atoms with Crippen molar-refractivity contribution in [2.75, 3.05) is 46.2 Å². The zero-order chi connectivity index (χ0) is 23.4. The summed E-state index contributed by atoms with van der Waals surface area (Å²) in [5.74, 6) is 0.511. The molecule has 0 aliphatic carbocycles. The van der Waals surface area contributed by atoms with Crippen LogP contribution in [0.3, 0.4) is 0 Å². The predicted octanol–water partition coefficient (Wildman–Crippen LogP) is 2.94. The zero-order valence-corrected chi connectivity index (χ0v) is 19.8. The first-order valence-electron chi connectivity index (χ1n) is 11.0. The van der Waals surface area contributed by atoms with Crippen LogP contribution in [0.1, 0.15) is 57.8 Å². The van der Waals surface area contributed by atoms with Gasteiger partial charge in [0.2, 0.25) is 5.95 Å². The van der Waals surface area contributed by atoms with Crippen LogP contribution in [-0.2, 0) is 4.74 Å². The van der Waals surface area contributed by atoms with E-state index < -0.39 is 0 Å². The van der Waals surface area contributed by atoms with Crippen molar-refractivity contribution in [1.29, 1.82) is 0 Å². The van der Waals surface area contributed by atoms with E-state index in [2.05, 4.69) is 9.97 Å². The van der Waals surface area contributed by atoms with Crippen LogP contribution in [0.5, 0.6) is 0 Å². The third-order valence-electron chi connectivity index (χ3n) is 5.83. The molecule has 1 aromatic carbocycles. The van der Waals surface area contributed by atoms with Gasteiger partial charge in [0.25, 0.3) is 11.8 Å². The number of hydrogen-bond donors (Lipinski definition) is 0. The Kier molecular flexibility index (Phi) is 7.45. The average Bonchev–Trinajstić information content (AvgIpc) is 2.79. The van der Waals surface area contributed by atoms with E-state index in [1.165, 1.54) is 0 Å². The SMILES string of the molecule is CCN(C(=O)c1cnc(N(C)C)nc1C)[C@@H]1CCO[C@H](c2ccc(C(=O)N(C)C)cc2)C1. The van der Waals surface area contributed by atoms with Gasteiger partial charge in [0.1, 0.15) is 0 Å². The van der Waals surface area contributed by atoms with Crippen molar-refractivity contribution in [2.24, 2.45) is 0 Å². The molecule has 0 bridgehead atoms. The van der Waals surface area contributed by atoms with E-state index in [-0.39, 0.29) is 24.0 Å². The minimum atomic E-state index is -0.118. The maximum atomic E-state index is 13.4. The number of anilines is 1. The average molecular weight is 440 g/mol. The molecular formula is C24H33N5O3. The minimum absolute atomic E-state index is 0.0281. The quantitative estimate of drug-likeness (QED) is 0.689. The maximum Gasteiger partial charge on any atom is 0.257 e. The lowest BCUT2D eigenvalue weighted by atomic mass is 9.95. The molecule has 1 aromatic heterocycles. The van der Waals surface area contributed by atoms with Gasteiger partial charge in [0, 0.05) is 59.1 Å². The third kappa shape index (κ3) is 5.07. The Balaban J connectivity index is 1.75. The molecule has 1 aliphatic heterocycles. The second kappa shape index (κ2) is 10.1. The van der Waals surface area contributed by atoms with Crippen LogP contribution < -0.4 is 4.90 Å². The van der Waals surface area contributed by atoms with Crippen LogP contribution in [-0.4, -0.2) is 79.0 Å². The van der Waals surface area contributed by atoms with E-state index in [0.29, 0.717) is 42.3 Å². The molecule has 2 aromatic rings. The zero-order valence-electron chi connectivity index (χ0n) is 19.8. The number of carbonyl (C=O) groups is 2. The van der Waals surface area contributed by atoms with Crippen molar-refractivity contribution in [3.8, 4) is 0 Å². The van der Waals surface area contributed by atoms with Crippen molar-refractivity contribution < 1.29 is 14.3 Å². The second-order valence-electron chi connectivity index (χ2n) is 8.51. The third-order valence-corrected chi connectivity index (χ3v) is 5.83. The number of hydrogen-bond acceptors (Lipinski definition) is 6. The Hall–Kier alpha value is -3.00. The molecule has 2 atom stereocenters. The fourth-order valence-electron chi connectivity index (χ4n) is 4.00. The summed E-state index contributed by atoms with van der Waals surface area (Å²) in [6, 6.07) is 7.61. The largest absolute Gasteiger partial charge is 0.373 e. The van der Waals surface area contributed by atoms with Crippen molar-refractivity contribution >= 4 is 17.8 Å². The summed E-state index contributed by atoms with van der Waals surface area (Å²) < 4.78 is 6.02. The molecule has 0 saturated carbocycles. The molecule has 8 nitrogen and oxygen atoms in total. The first kappa shape index (κ1) is 23.7. The van der Waals surface area contributed by atoms with Crippen LogP contribution in [0.15, 0.2) is 30.5 Å². The summed E-state index contributed by atoms with van der Waals surface area (Å²) >= 11 is 0. The lowest BCUT2D eigenvalue weighted by molar-refractivity contribution is -0.0232. The van der Waals surface area contributed by atoms with Crippen molar-refractivity contribution in [3.05, 3.63) is 52.8 Å². The number of rotatable bonds is 6. The molecule has 1 fully saturated rings. The van der Waals surface area contributed by atoms with Gasteiger partial charge in [-0.1, -0.05) is 12.1 Å². The summed E-state index contributed by atoms with van der Waals surface area (Å²) in [5, 5.41) is 0. The molecule has 0 unspecified atom stereocenters. The van der Waals surface area contributed by atoms with E-state index >= 15 is 0 Å². The number of ether oxygens (including phenoxy) is 1. The highest BCUT2D eigenvalue weighted by molar-refractivity contribution is 5.95. The molecule has 32 heavy (non-hydrogen) atoms. The number of amides is 2. The lowest BCUT2D eigenvalue weighted by Gasteiger charge is -2.37. The second-order valence-corrected chi connectivity index (χ2v) is 8.51. The highest BCUT2D eigenvalue weighted by atomic mass is 16.5. The number of aromatic nitrogens is 2. The van der Waals surface area contributed by atoms with Crippen LogP contribution in [0.2, 0.25) is 0 Å². The van der Waals surface area contributed by atoms with Crippen LogP contribution in [0, 0.1) is 6.92 Å². The molecule has 1 aliphatic rings. The predicted molar refractivity (Wildman–Crippen MR) is 124 cm³/mol. The van der Waals surface area contributed by atoms with Gasteiger partial charge in [0.05, 0.1) is 17.4 Å². The number of carbonyl (C=O) groups excluding carboxylic acids is 2. The summed E-state index contributed by atoms with van der Waals surface area (Å²) in [7, 11) is 7.23. The van der Waals surface area contributed by atoms with E-state index in [0.717, 1.165) is 12.0 Å². The molecule has 3 rings (SSSR count). The van der Waals surface area contributed by atoms with Gasteiger partial charge >= 0.3 is 0 Å². The van der Waals surface area contributed by atoms with Gasteiger partial charge in [-0.05, 0) is 44.4 Å². The van der Waals surface area contributed by atoms with Gasteiger partial charge in [-0.15, -0.1) is 0 Å². The standard InChI is InChI=1S/C24H33N5O3/c1-7-29(23(31)20-15-25-24(28(5)6)26-16(20)2)19-12-13-32-21(14-19)17-8-10-18(11-9-17)22(30)27(3)4/h8-11,15,19,21H,7,12-14H2,1-6H3/t19-,21+/m1/s1. The highest BCUT2D eigenvalue weighted by Gasteiger charge is 2.31. The van der Waals surface area contributed by atoms with Crippen molar-refractivity contribution in [1.82, 2.24) is 19.8 Å². The normalized spacial score (nSPS) is 18.2. The summed E-state index contributed by atoms with van der Waals surface area (Å²) in [5.41, 5.74) is 2.88. The highest BCUT2D eigenvalue weighted by Crippen LogP contribution is 2.31. The Bertz CT molecular complexity index is 959. The number of nitrogens with zero attached hydrogens (tertiary/aromatic N) is 5. The molecule has 8 heteroatoms. The summed E-state index contributed by atoms with van der Waals surface area (Å²) in [6.07, 6.45) is 2.99. The molecule has 0 radical (unpaired) electrons. The van der Waals surface area contributed by atoms with Crippen LogP contribution >= 0.6 is 0 Å². The summed E-state index contributed by atoms with van der Waals surface area (Å²) in [4.78, 5) is 39.6. The monoisotopic (exact) mass is 439 g/mol. The smallest absolute Gasteiger partial charge is 0.257 e. The Morgan fingerprint density at radius 1 is 1.09 bits per heavy atom. The van der Waals surface area contributed by atoms with E-state index in [1.54, 1.807) is 25.2 Å². The minimum Gasteiger partial charge on any atom is -0.373 e. The molecular weight excluding hydrogens is 406 g/mol. The molecule has 0 N–H and O–H groups in total. The van der Waals surface area contributed by atoms with Gasteiger partial charge < -0.3 is 19.4 Å². The van der Waals surface area contributed by atoms with Crippen LogP contribution in [0.25, 0.3) is 0 Å².